The first-order chi connectivity index (χ1) is 11.5. The van der Waals surface area contributed by atoms with E-state index >= 15 is 0 Å². The summed E-state index contributed by atoms with van der Waals surface area (Å²) in [4.78, 5) is 4.62. The molecule has 0 aliphatic heterocycles. The molecule has 1 aromatic carbocycles. The minimum Gasteiger partial charge on any atom is -0.353 e. The van der Waals surface area contributed by atoms with Crippen molar-refractivity contribution in [2.45, 2.75) is 33.4 Å². The Kier molecular flexibility index (Phi) is 8.60. The summed E-state index contributed by atoms with van der Waals surface area (Å²) in [7, 11) is 1.94. The van der Waals surface area contributed by atoms with Gasteiger partial charge in [-0.3, -0.25) is 0 Å². The van der Waals surface area contributed by atoms with Crippen LogP contribution in [0.1, 0.15) is 35.7 Å². The van der Waals surface area contributed by atoms with Gasteiger partial charge in [-0.05, 0) is 31.9 Å². The quantitative estimate of drug-likeness (QED) is 0.305. The molecule has 0 bridgehead atoms. The van der Waals surface area contributed by atoms with Gasteiger partial charge in [-0.1, -0.05) is 30.3 Å². The molecule has 0 aliphatic carbocycles. The Labute approximate surface area is 166 Å². The van der Waals surface area contributed by atoms with Gasteiger partial charge in [-0.2, -0.15) is 0 Å². The van der Waals surface area contributed by atoms with Crippen molar-refractivity contribution >= 4 is 29.9 Å². The number of aliphatic imine (C=N–C) groups is 1. The van der Waals surface area contributed by atoms with Crippen LogP contribution in [0, 0.1) is 13.8 Å². The lowest BCUT2D eigenvalue weighted by Gasteiger charge is -2.19. The van der Waals surface area contributed by atoms with Gasteiger partial charge in [0.2, 0.25) is 0 Å². The molecule has 2 N–H and O–H groups in total. The molecule has 1 aromatic heterocycles. The van der Waals surface area contributed by atoms with Gasteiger partial charge in [0, 0.05) is 13.6 Å². The van der Waals surface area contributed by atoms with Crippen LogP contribution in [0.15, 0.2) is 41.9 Å². The standard InChI is InChI=1S/C18H26N6.HI/c1-6-11-19-18(20-12-17-23-22-15(4)24(17)5)21-14(3)16-10-8-7-9-13(16)2;/h6-10,14H,1,11-12H2,2-5H3,(H2,19,20,21);1H. The summed E-state index contributed by atoms with van der Waals surface area (Å²) in [6.07, 6.45) is 1.81. The van der Waals surface area contributed by atoms with E-state index in [9.17, 15) is 0 Å². The van der Waals surface area contributed by atoms with E-state index in [0.29, 0.717) is 13.1 Å². The SMILES string of the molecule is C=CCNC(=NCc1nnc(C)n1C)NC(C)c1ccccc1C.I. The largest absolute Gasteiger partial charge is 0.353 e. The molecule has 0 radical (unpaired) electrons. The molecule has 136 valence electrons. The van der Waals surface area contributed by atoms with Gasteiger partial charge in [0.05, 0.1) is 6.04 Å². The van der Waals surface area contributed by atoms with Crippen molar-refractivity contribution in [1.82, 2.24) is 25.4 Å². The Morgan fingerprint density at radius 3 is 2.64 bits per heavy atom. The predicted octanol–water partition coefficient (Wildman–Crippen LogP) is 3.03. The van der Waals surface area contributed by atoms with Gasteiger partial charge >= 0.3 is 0 Å². The highest BCUT2D eigenvalue weighted by Gasteiger charge is 2.10. The van der Waals surface area contributed by atoms with Crippen LogP contribution in [-0.4, -0.2) is 27.3 Å². The third-order valence-corrected chi connectivity index (χ3v) is 3.98. The number of nitrogens with one attached hydrogen (secondary N) is 2. The topological polar surface area (TPSA) is 67.1 Å². The lowest BCUT2D eigenvalue weighted by atomic mass is 10.0. The van der Waals surface area contributed by atoms with Gasteiger partial charge in [0.25, 0.3) is 0 Å². The summed E-state index contributed by atoms with van der Waals surface area (Å²) in [5.74, 6) is 2.43. The fourth-order valence-electron chi connectivity index (χ4n) is 2.42. The Balaban J connectivity index is 0.00000312. The number of aryl methyl sites for hydroxylation is 2. The van der Waals surface area contributed by atoms with Crippen molar-refractivity contribution in [1.29, 1.82) is 0 Å². The molecule has 7 heteroatoms. The van der Waals surface area contributed by atoms with Crippen LogP contribution >= 0.6 is 24.0 Å². The van der Waals surface area contributed by atoms with E-state index in [0.717, 1.165) is 17.6 Å². The molecular weight excluding hydrogens is 427 g/mol. The Hall–Kier alpha value is -1.90. The van der Waals surface area contributed by atoms with Gasteiger partial charge in [-0.25, -0.2) is 4.99 Å². The maximum absolute atomic E-state index is 4.62. The molecule has 2 aromatic rings. The fraction of sp³-hybridized carbons (Fsp3) is 0.389. The average molecular weight is 454 g/mol. The van der Waals surface area contributed by atoms with Gasteiger partial charge in [0.15, 0.2) is 11.8 Å². The highest BCUT2D eigenvalue weighted by molar-refractivity contribution is 14.0. The molecule has 0 spiro atoms. The van der Waals surface area contributed by atoms with E-state index in [2.05, 4.69) is 64.4 Å². The molecule has 25 heavy (non-hydrogen) atoms. The third-order valence-electron chi connectivity index (χ3n) is 3.98. The van der Waals surface area contributed by atoms with Crippen LogP contribution in [0.4, 0.5) is 0 Å². The first kappa shape index (κ1) is 21.1. The lowest BCUT2D eigenvalue weighted by Crippen LogP contribution is -2.39. The summed E-state index contributed by atoms with van der Waals surface area (Å²) in [6, 6.07) is 8.49. The van der Waals surface area contributed by atoms with Crippen molar-refractivity contribution in [3.05, 3.63) is 59.7 Å². The summed E-state index contributed by atoms with van der Waals surface area (Å²) < 4.78 is 1.94. The number of hydrogen-bond donors (Lipinski definition) is 2. The minimum atomic E-state index is 0. The number of halogens is 1. The number of benzene rings is 1. The highest BCUT2D eigenvalue weighted by Crippen LogP contribution is 2.16. The zero-order valence-electron chi connectivity index (χ0n) is 15.3. The summed E-state index contributed by atoms with van der Waals surface area (Å²) in [5.41, 5.74) is 2.50. The van der Waals surface area contributed by atoms with Crippen molar-refractivity contribution in [3.63, 3.8) is 0 Å². The van der Waals surface area contributed by atoms with Gasteiger partial charge < -0.3 is 15.2 Å². The van der Waals surface area contributed by atoms with E-state index in [1.165, 1.54) is 11.1 Å². The molecule has 1 unspecified atom stereocenters. The fourth-order valence-corrected chi connectivity index (χ4v) is 2.42. The molecule has 0 aliphatic rings. The predicted molar refractivity (Wildman–Crippen MR) is 113 cm³/mol. The summed E-state index contributed by atoms with van der Waals surface area (Å²) in [5, 5.41) is 14.9. The van der Waals surface area contributed by atoms with Gasteiger partial charge in [-0.15, -0.1) is 40.8 Å². The van der Waals surface area contributed by atoms with Crippen molar-refractivity contribution in [2.75, 3.05) is 6.54 Å². The second-order valence-corrected chi connectivity index (χ2v) is 5.78. The summed E-state index contributed by atoms with van der Waals surface area (Å²) >= 11 is 0. The zero-order chi connectivity index (χ0) is 17.5. The molecule has 0 amide bonds. The number of hydrogen-bond acceptors (Lipinski definition) is 3. The second kappa shape index (κ2) is 10.2. The van der Waals surface area contributed by atoms with Gasteiger partial charge in [0.1, 0.15) is 12.4 Å². The number of guanidine groups is 1. The van der Waals surface area contributed by atoms with Crippen molar-refractivity contribution in [3.8, 4) is 0 Å². The minimum absolute atomic E-state index is 0. The number of rotatable bonds is 6. The van der Waals surface area contributed by atoms with Crippen LogP contribution in [0.2, 0.25) is 0 Å². The Morgan fingerprint density at radius 1 is 1.32 bits per heavy atom. The van der Waals surface area contributed by atoms with E-state index in [1.807, 2.05) is 30.7 Å². The van der Waals surface area contributed by atoms with Crippen molar-refractivity contribution < 1.29 is 0 Å². The Bertz CT molecular complexity index is 722. The van der Waals surface area contributed by atoms with E-state index in [-0.39, 0.29) is 30.0 Å². The molecule has 1 atom stereocenters. The van der Waals surface area contributed by atoms with Crippen LogP contribution in [0.5, 0.6) is 0 Å². The smallest absolute Gasteiger partial charge is 0.192 e. The van der Waals surface area contributed by atoms with Crippen molar-refractivity contribution in [2.24, 2.45) is 12.0 Å². The van der Waals surface area contributed by atoms with E-state index in [4.69, 9.17) is 0 Å². The maximum Gasteiger partial charge on any atom is 0.192 e. The number of nitrogens with zero attached hydrogens (tertiary/aromatic N) is 4. The molecule has 0 saturated carbocycles. The van der Waals surface area contributed by atoms with Crippen LogP contribution < -0.4 is 10.6 Å². The normalized spacial score (nSPS) is 12.2. The molecule has 1 heterocycles. The van der Waals surface area contributed by atoms with Crippen LogP contribution in [0.3, 0.4) is 0 Å². The molecule has 0 saturated heterocycles. The number of aromatic nitrogens is 3. The lowest BCUT2D eigenvalue weighted by molar-refractivity contribution is 0.681. The van der Waals surface area contributed by atoms with Crippen LogP contribution in [-0.2, 0) is 13.6 Å². The average Bonchev–Trinajstić information content (AvgIpc) is 2.89. The summed E-state index contributed by atoms with van der Waals surface area (Å²) in [6.45, 7) is 11.0. The molecule has 0 fully saturated rings. The zero-order valence-corrected chi connectivity index (χ0v) is 17.6. The first-order valence-corrected chi connectivity index (χ1v) is 8.09. The third kappa shape index (κ3) is 5.84. The Morgan fingerprint density at radius 2 is 2.04 bits per heavy atom. The monoisotopic (exact) mass is 454 g/mol. The first-order valence-electron chi connectivity index (χ1n) is 8.09. The molecule has 2 rings (SSSR count). The molecular formula is C18H27IN6. The maximum atomic E-state index is 4.62. The van der Waals surface area contributed by atoms with E-state index < -0.39 is 0 Å². The van der Waals surface area contributed by atoms with Crippen LogP contribution in [0.25, 0.3) is 0 Å². The molecule has 6 nitrogen and oxygen atoms in total. The highest BCUT2D eigenvalue weighted by atomic mass is 127. The second-order valence-electron chi connectivity index (χ2n) is 5.78. The van der Waals surface area contributed by atoms with E-state index in [1.54, 1.807) is 0 Å².